The van der Waals surface area contributed by atoms with E-state index in [1.54, 1.807) is 13.8 Å². The number of H-pyrrole nitrogens is 1. The minimum Gasteiger partial charge on any atom is -0.455 e. The lowest BCUT2D eigenvalue weighted by atomic mass is 10.0. The Kier molecular flexibility index (Phi) is 7.71. The predicted molar refractivity (Wildman–Crippen MR) is 149 cm³/mol. The van der Waals surface area contributed by atoms with E-state index >= 15 is 0 Å². The molecule has 224 valence electrons. The molecule has 11 heteroatoms. The molecular formula is C31H36N2O9. The molecule has 3 aliphatic heterocycles. The Morgan fingerprint density at radius 3 is 2.50 bits per heavy atom. The lowest BCUT2D eigenvalue weighted by Gasteiger charge is -2.29. The summed E-state index contributed by atoms with van der Waals surface area (Å²) in [6, 6.07) is 16.0. The quantitative estimate of drug-likeness (QED) is 0.381. The average molecular weight is 581 g/mol. The molecule has 2 aromatic carbocycles. The highest BCUT2D eigenvalue weighted by Crippen LogP contribution is 2.42. The van der Waals surface area contributed by atoms with E-state index in [9.17, 15) is 9.59 Å². The van der Waals surface area contributed by atoms with Gasteiger partial charge in [0, 0.05) is 23.5 Å². The number of hydrogen-bond acceptors (Lipinski definition) is 9. The van der Waals surface area contributed by atoms with Gasteiger partial charge in [-0.15, -0.1) is 0 Å². The number of nitrogens with one attached hydrogen (secondary N) is 2. The van der Waals surface area contributed by atoms with Gasteiger partial charge in [0.2, 0.25) is 0 Å². The Morgan fingerprint density at radius 2 is 1.74 bits per heavy atom. The third kappa shape index (κ3) is 6.16. The zero-order chi connectivity index (χ0) is 29.5. The van der Waals surface area contributed by atoms with E-state index in [4.69, 9.17) is 33.2 Å². The number of benzene rings is 2. The van der Waals surface area contributed by atoms with Crippen molar-refractivity contribution >= 4 is 23.0 Å². The van der Waals surface area contributed by atoms with Crippen LogP contribution in [-0.2, 0) is 51.0 Å². The number of alkyl carbamates (subject to hydrolysis) is 1. The lowest BCUT2D eigenvalue weighted by molar-refractivity contribution is -0.235. The van der Waals surface area contributed by atoms with E-state index in [0.29, 0.717) is 0 Å². The number of amides is 1. The molecular weight excluding hydrogens is 544 g/mol. The molecule has 11 nitrogen and oxygen atoms in total. The average Bonchev–Trinajstić information content (AvgIpc) is 3.69. The van der Waals surface area contributed by atoms with Crippen LogP contribution in [0.4, 0.5) is 4.79 Å². The topological polar surface area (TPSA) is 127 Å². The fraction of sp³-hybridized carbons (Fsp3) is 0.484. The SMILES string of the molecule is CC1(C)O[C@@H]2O[C@@H]([C@H]3COC(C)(C)O3)[C@@H](OC(=O)[C@@H](Cc3c[nH]c4ccccc34)NC(=O)OCc3ccccc3)[C@H]2O1. The molecule has 6 atom stereocenters. The van der Waals surface area contributed by atoms with Gasteiger partial charge >= 0.3 is 12.1 Å². The van der Waals surface area contributed by atoms with Gasteiger partial charge in [-0.05, 0) is 44.9 Å². The van der Waals surface area contributed by atoms with Crippen LogP contribution in [0.1, 0.15) is 38.8 Å². The molecule has 0 bridgehead atoms. The number of carbonyl (C=O) groups excluding carboxylic acids is 2. The highest BCUT2D eigenvalue weighted by Gasteiger charge is 2.60. The maximum Gasteiger partial charge on any atom is 0.408 e. The van der Waals surface area contributed by atoms with Crippen molar-refractivity contribution in [2.75, 3.05) is 6.61 Å². The minimum atomic E-state index is -1.07. The summed E-state index contributed by atoms with van der Waals surface area (Å²) < 4.78 is 41.6. The Hall–Kier alpha value is -3.48. The molecule has 0 aliphatic carbocycles. The summed E-state index contributed by atoms with van der Waals surface area (Å²) in [5.74, 6) is -2.41. The summed E-state index contributed by atoms with van der Waals surface area (Å²) in [4.78, 5) is 30.0. The number of aromatic nitrogens is 1. The van der Waals surface area contributed by atoms with Crippen molar-refractivity contribution in [2.45, 2.75) is 89.0 Å². The van der Waals surface area contributed by atoms with Gasteiger partial charge in [-0.3, -0.25) is 0 Å². The fourth-order valence-electron chi connectivity index (χ4n) is 5.65. The summed E-state index contributed by atoms with van der Waals surface area (Å²) >= 11 is 0. The van der Waals surface area contributed by atoms with Gasteiger partial charge in [0.05, 0.1) is 6.61 Å². The molecule has 3 aliphatic rings. The molecule has 0 spiro atoms. The van der Waals surface area contributed by atoms with E-state index in [-0.39, 0.29) is 19.6 Å². The molecule has 1 aromatic heterocycles. The van der Waals surface area contributed by atoms with Gasteiger partial charge in [-0.2, -0.15) is 0 Å². The smallest absolute Gasteiger partial charge is 0.408 e. The van der Waals surface area contributed by atoms with Crippen molar-refractivity contribution in [3.05, 3.63) is 71.9 Å². The van der Waals surface area contributed by atoms with Crippen molar-refractivity contribution in [3.63, 3.8) is 0 Å². The highest BCUT2D eigenvalue weighted by atomic mass is 16.8. The van der Waals surface area contributed by atoms with Gasteiger partial charge in [-0.25, -0.2) is 9.59 Å². The van der Waals surface area contributed by atoms with Crippen molar-refractivity contribution < 1.29 is 42.7 Å². The maximum absolute atomic E-state index is 13.9. The third-order valence-corrected chi connectivity index (χ3v) is 7.56. The van der Waals surface area contributed by atoms with E-state index in [0.717, 1.165) is 22.0 Å². The van der Waals surface area contributed by atoms with Crippen LogP contribution in [0.25, 0.3) is 10.9 Å². The van der Waals surface area contributed by atoms with E-state index in [1.165, 1.54) is 0 Å². The second-order valence-corrected chi connectivity index (χ2v) is 11.7. The van der Waals surface area contributed by atoms with Crippen LogP contribution in [0.2, 0.25) is 0 Å². The molecule has 4 heterocycles. The van der Waals surface area contributed by atoms with Gasteiger partial charge in [0.1, 0.15) is 24.9 Å². The summed E-state index contributed by atoms with van der Waals surface area (Å²) in [5, 5.41) is 3.65. The standard InChI is InChI=1S/C31H36N2O9/c1-30(2)37-17-23(40-30)24-25(26-28(39-24)42-31(3,4)41-26)38-27(34)22(14-19-15-32-21-13-9-8-12-20(19)21)33-29(35)36-16-18-10-6-5-7-11-18/h5-13,15,22-26,28,32H,14,16-17H2,1-4H3,(H,33,35)/t22-,23-,24+,25-,26-,28+/m1/s1. The molecule has 2 N–H and O–H groups in total. The van der Waals surface area contributed by atoms with Crippen LogP contribution >= 0.6 is 0 Å². The highest BCUT2D eigenvalue weighted by molar-refractivity contribution is 5.86. The Labute approximate surface area is 243 Å². The van der Waals surface area contributed by atoms with Crippen LogP contribution in [0, 0.1) is 0 Å². The number of rotatable bonds is 8. The number of carbonyl (C=O) groups is 2. The molecule has 0 saturated carbocycles. The second-order valence-electron chi connectivity index (χ2n) is 11.7. The summed E-state index contributed by atoms with van der Waals surface area (Å²) in [6.45, 7) is 7.45. The van der Waals surface area contributed by atoms with Gasteiger partial charge in [0.15, 0.2) is 30.1 Å². The first kappa shape index (κ1) is 28.6. The fourth-order valence-corrected chi connectivity index (χ4v) is 5.65. The summed E-state index contributed by atoms with van der Waals surface area (Å²) in [7, 11) is 0. The normalized spacial score (nSPS) is 28.3. The molecule has 3 fully saturated rings. The number of esters is 1. The number of hydrogen-bond donors (Lipinski definition) is 2. The van der Waals surface area contributed by atoms with E-state index < -0.39 is 60.4 Å². The van der Waals surface area contributed by atoms with Crippen molar-refractivity contribution in [3.8, 4) is 0 Å². The first-order chi connectivity index (χ1) is 20.1. The first-order valence-corrected chi connectivity index (χ1v) is 14.1. The third-order valence-electron chi connectivity index (χ3n) is 7.56. The Balaban J connectivity index is 1.22. The van der Waals surface area contributed by atoms with Crippen LogP contribution in [0.3, 0.4) is 0 Å². The van der Waals surface area contributed by atoms with Crippen LogP contribution in [-0.4, -0.2) is 72.0 Å². The molecule has 1 amide bonds. The van der Waals surface area contributed by atoms with E-state index in [1.807, 2.05) is 74.6 Å². The largest absolute Gasteiger partial charge is 0.455 e. The molecule has 0 radical (unpaired) electrons. The van der Waals surface area contributed by atoms with Crippen LogP contribution in [0.15, 0.2) is 60.8 Å². The van der Waals surface area contributed by atoms with Gasteiger partial charge in [-0.1, -0.05) is 48.5 Å². The van der Waals surface area contributed by atoms with Gasteiger partial charge in [0.25, 0.3) is 0 Å². The Morgan fingerprint density at radius 1 is 0.976 bits per heavy atom. The number of para-hydroxylation sites is 1. The minimum absolute atomic E-state index is 0.0544. The summed E-state index contributed by atoms with van der Waals surface area (Å²) in [5.41, 5.74) is 2.57. The Bertz CT molecular complexity index is 1420. The molecule has 42 heavy (non-hydrogen) atoms. The zero-order valence-electron chi connectivity index (χ0n) is 24.0. The zero-order valence-corrected chi connectivity index (χ0v) is 24.0. The van der Waals surface area contributed by atoms with Crippen molar-refractivity contribution in [1.29, 1.82) is 0 Å². The summed E-state index contributed by atoms with van der Waals surface area (Å²) in [6.07, 6.45) is -2.31. The van der Waals surface area contributed by atoms with Crippen LogP contribution < -0.4 is 5.32 Å². The monoisotopic (exact) mass is 580 g/mol. The predicted octanol–water partition coefficient (Wildman–Crippen LogP) is 3.95. The first-order valence-electron chi connectivity index (χ1n) is 14.1. The molecule has 6 rings (SSSR count). The van der Waals surface area contributed by atoms with Gasteiger partial charge < -0.3 is 43.5 Å². The van der Waals surface area contributed by atoms with Crippen LogP contribution in [0.5, 0.6) is 0 Å². The number of fused-ring (bicyclic) bond motifs is 2. The van der Waals surface area contributed by atoms with Crippen molar-refractivity contribution in [2.24, 2.45) is 0 Å². The maximum atomic E-state index is 13.9. The lowest BCUT2D eigenvalue weighted by Crippen LogP contribution is -2.50. The molecule has 0 unspecified atom stereocenters. The molecule has 3 saturated heterocycles. The number of aromatic amines is 1. The number of ether oxygens (including phenoxy) is 7. The second kappa shape index (κ2) is 11.3. The van der Waals surface area contributed by atoms with Crippen molar-refractivity contribution in [1.82, 2.24) is 10.3 Å². The van der Waals surface area contributed by atoms with E-state index in [2.05, 4.69) is 10.3 Å². The molecule has 3 aromatic rings.